The first-order valence-corrected chi connectivity index (χ1v) is 11.2. The molecule has 3 rings (SSSR count). The Bertz CT molecular complexity index is 1080. The molecule has 1 amide bonds. The molecule has 0 radical (unpaired) electrons. The van der Waals surface area contributed by atoms with Crippen molar-refractivity contribution in [3.05, 3.63) is 94.4 Å². The van der Waals surface area contributed by atoms with Gasteiger partial charge in [0.05, 0.1) is 11.6 Å². The first kappa shape index (κ1) is 24.3. The van der Waals surface area contributed by atoms with Gasteiger partial charge in [-0.25, -0.2) is 4.79 Å². The molecule has 2 atom stereocenters. The van der Waals surface area contributed by atoms with Gasteiger partial charge in [-0.15, -0.1) is 0 Å². The van der Waals surface area contributed by atoms with Crippen molar-refractivity contribution in [3.8, 4) is 11.1 Å². The molecule has 1 aromatic heterocycles. The minimum atomic E-state index is -0.970. The number of pyridine rings is 1. The highest BCUT2D eigenvalue weighted by atomic mass is 16.4. The van der Waals surface area contributed by atoms with E-state index in [1.807, 2.05) is 61.5 Å². The third-order valence-corrected chi connectivity index (χ3v) is 5.96. The Hall–Kier alpha value is -3.38. The molecule has 0 unspecified atom stereocenters. The molecule has 0 aliphatic heterocycles. The van der Waals surface area contributed by atoms with Gasteiger partial charge in [-0.2, -0.15) is 0 Å². The summed E-state index contributed by atoms with van der Waals surface area (Å²) in [7, 11) is 0. The van der Waals surface area contributed by atoms with Crippen LogP contribution in [0.3, 0.4) is 0 Å². The van der Waals surface area contributed by atoms with E-state index in [1.54, 1.807) is 26.1 Å². The van der Waals surface area contributed by atoms with E-state index >= 15 is 0 Å². The van der Waals surface area contributed by atoms with Crippen molar-refractivity contribution in [1.82, 2.24) is 9.88 Å². The zero-order valence-electron chi connectivity index (χ0n) is 19.4. The molecule has 2 aromatic carbocycles. The smallest absolute Gasteiger partial charge is 0.407 e. The zero-order chi connectivity index (χ0) is 24.0. The van der Waals surface area contributed by atoms with Gasteiger partial charge < -0.3 is 20.1 Å². The van der Waals surface area contributed by atoms with Gasteiger partial charge in [0.2, 0.25) is 5.56 Å². The van der Waals surface area contributed by atoms with Crippen LogP contribution in [0.4, 0.5) is 4.79 Å². The van der Waals surface area contributed by atoms with Crippen LogP contribution in [0.1, 0.15) is 56.7 Å². The van der Waals surface area contributed by atoms with Crippen LogP contribution in [0.15, 0.2) is 77.7 Å². The molecule has 0 fully saturated rings. The number of rotatable bonds is 9. The minimum absolute atomic E-state index is 0.0443. The number of carboxylic acid groups (broad SMARTS) is 1. The van der Waals surface area contributed by atoms with Crippen LogP contribution in [0.5, 0.6) is 0 Å². The Kier molecular flexibility index (Phi) is 7.71. The number of amides is 1. The highest BCUT2D eigenvalue weighted by Crippen LogP contribution is 2.31. The van der Waals surface area contributed by atoms with Crippen LogP contribution >= 0.6 is 0 Å². The molecule has 0 spiro atoms. The van der Waals surface area contributed by atoms with Crippen LogP contribution in [0.25, 0.3) is 11.1 Å². The van der Waals surface area contributed by atoms with E-state index in [-0.39, 0.29) is 17.5 Å². The molecule has 1 heterocycles. The number of carbonyl (C=O) groups is 1. The van der Waals surface area contributed by atoms with Gasteiger partial charge in [0.25, 0.3) is 0 Å². The number of hydrogen-bond acceptors (Lipinski definition) is 3. The molecule has 0 saturated heterocycles. The maximum Gasteiger partial charge on any atom is 0.407 e. The fourth-order valence-electron chi connectivity index (χ4n) is 4.19. The fourth-order valence-corrected chi connectivity index (χ4v) is 4.19. The highest BCUT2D eigenvalue weighted by molar-refractivity contribution is 5.66. The summed E-state index contributed by atoms with van der Waals surface area (Å²) >= 11 is 0. The largest absolute Gasteiger partial charge is 0.465 e. The number of benzene rings is 2. The second-order valence-corrected chi connectivity index (χ2v) is 9.13. The molecule has 0 bridgehead atoms. The number of H-pyrrole nitrogens is 1. The van der Waals surface area contributed by atoms with Crippen molar-refractivity contribution in [3.63, 3.8) is 0 Å². The van der Waals surface area contributed by atoms with Crippen molar-refractivity contribution < 1.29 is 15.0 Å². The van der Waals surface area contributed by atoms with Crippen LogP contribution in [-0.4, -0.2) is 38.3 Å². The SMILES string of the molecule is C[C@@H](c1ccc(-c2ccc(=O)[nH]c2)cc1)N(CC[C@H](CC(C)(C)O)c1ccccc1)C(=O)O. The lowest BCUT2D eigenvalue weighted by Crippen LogP contribution is -2.34. The molecule has 6 heteroatoms. The summed E-state index contributed by atoms with van der Waals surface area (Å²) in [6.07, 6.45) is 1.85. The van der Waals surface area contributed by atoms with Crippen molar-refractivity contribution >= 4 is 6.09 Å². The van der Waals surface area contributed by atoms with E-state index < -0.39 is 11.7 Å². The van der Waals surface area contributed by atoms with E-state index in [0.717, 1.165) is 22.3 Å². The predicted octanol–water partition coefficient (Wildman–Crippen LogP) is 5.42. The van der Waals surface area contributed by atoms with E-state index in [9.17, 15) is 19.8 Å². The molecule has 0 aliphatic carbocycles. The lowest BCUT2D eigenvalue weighted by molar-refractivity contribution is 0.0598. The van der Waals surface area contributed by atoms with Crippen LogP contribution < -0.4 is 5.56 Å². The predicted molar refractivity (Wildman–Crippen MR) is 130 cm³/mol. The van der Waals surface area contributed by atoms with Gasteiger partial charge in [-0.3, -0.25) is 4.79 Å². The van der Waals surface area contributed by atoms with Crippen LogP contribution in [0, 0.1) is 0 Å². The van der Waals surface area contributed by atoms with E-state index in [4.69, 9.17) is 0 Å². The van der Waals surface area contributed by atoms with Gasteiger partial charge in [0, 0.05) is 18.8 Å². The van der Waals surface area contributed by atoms with E-state index in [0.29, 0.717) is 19.4 Å². The van der Waals surface area contributed by atoms with Gasteiger partial charge in [0.1, 0.15) is 0 Å². The summed E-state index contributed by atoms with van der Waals surface area (Å²) in [4.78, 5) is 27.5. The number of nitrogens with zero attached hydrogens (tertiary/aromatic N) is 1. The summed E-state index contributed by atoms with van der Waals surface area (Å²) in [5.41, 5.74) is 2.82. The maximum absolute atomic E-state index is 12.1. The standard InChI is InChI=1S/C27H32N2O4/c1-19(20-9-11-22(12-10-20)24-13-14-25(30)28-18-24)29(26(31)32)16-15-23(17-27(2,3)33)21-7-5-4-6-8-21/h4-14,18-19,23,33H,15-17H2,1-3H3,(H,28,30)(H,31,32)/t19-,23+/m0/s1. The number of nitrogens with one attached hydrogen (secondary N) is 1. The summed E-state index contributed by atoms with van der Waals surface area (Å²) in [5.74, 6) is 0.0443. The van der Waals surface area contributed by atoms with Crippen molar-refractivity contribution in [2.24, 2.45) is 0 Å². The molecule has 174 valence electrons. The van der Waals surface area contributed by atoms with E-state index in [2.05, 4.69) is 4.98 Å². The summed E-state index contributed by atoms with van der Waals surface area (Å²) in [5, 5.41) is 20.3. The molecule has 0 aliphatic rings. The van der Waals surface area contributed by atoms with Crippen molar-refractivity contribution in [2.75, 3.05) is 6.54 Å². The lowest BCUT2D eigenvalue weighted by atomic mass is 9.85. The molecular formula is C27H32N2O4. The fraction of sp³-hybridized carbons (Fsp3) is 0.333. The topological polar surface area (TPSA) is 93.6 Å². The number of hydrogen-bond donors (Lipinski definition) is 3. The Morgan fingerprint density at radius 2 is 1.61 bits per heavy atom. The monoisotopic (exact) mass is 448 g/mol. The average molecular weight is 449 g/mol. The maximum atomic E-state index is 12.1. The van der Waals surface area contributed by atoms with Crippen LogP contribution in [0.2, 0.25) is 0 Å². The Labute approximate surface area is 194 Å². The molecule has 3 aromatic rings. The first-order chi connectivity index (χ1) is 15.6. The van der Waals surface area contributed by atoms with Gasteiger partial charge in [-0.1, -0.05) is 54.6 Å². The van der Waals surface area contributed by atoms with Gasteiger partial charge in [-0.05, 0) is 67.9 Å². The molecule has 3 N–H and O–H groups in total. The average Bonchev–Trinajstić information content (AvgIpc) is 2.78. The third kappa shape index (κ3) is 6.80. The Balaban J connectivity index is 1.75. The summed E-state index contributed by atoms with van der Waals surface area (Å²) in [6.45, 7) is 5.80. The van der Waals surface area contributed by atoms with E-state index in [1.165, 1.54) is 11.0 Å². The quantitative estimate of drug-likeness (QED) is 0.408. The van der Waals surface area contributed by atoms with Gasteiger partial charge >= 0.3 is 6.09 Å². The van der Waals surface area contributed by atoms with Crippen molar-refractivity contribution in [1.29, 1.82) is 0 Å². The molecule has 0 saturated carbocycles. The van der Waals surface area contributed by atoms with Crippen LogP contribution in [-0.2, 0) is 0 Å². The summed E-state index contributed by atoms with van der Waals surface area (Å²) in [6, 6.07) is 20.6. The highest BCUT2D eigenvalue weighted by Gasteiger charge is 2.26. The first-order valence-electron chi connectivity index (χ1n) is 11.2. The normalized spacial score (nSPS) is 13.3. The number of aliphatic hydroxyl groups is 1. The minimum Gasteiger partial charge on any atom is -0.465 e. The zero-order valence-corrected chi connectivity index (χ0v) is 19.4. The molecule has 33 heavy (non-hydrogen) atoms. The van der Waals surface area contributed by atoms with Gasteiger partial charge in [0.15, 0.2) is 0 Å². The Morgan fingerprint density at radius 3 is 2.15 bits per heavy atom. The lowest BCUT2D eigenvalue weighted by Gasteiger charge is -2.31. The number of aromatic amines is 1. The molecular weight excluding hydrogens is 416 g/mol. The van der Waals surface area contributed by atoms with Crippen molar-refractivity contribution in [2.45, 2.75) is 51.2 Å². The third-order valence-electron chi connectivity index (χ3n) is 5.96. The second-order valence-electron chi connectivity index (χ2n) is 9.13. The summed E-state index contributed by atoms with van der Waals surface area (Å²) < 4.78 is 0. The Morgan fingerprint density at radius 1 is 0.970 bits per heavy atom. The number of aromatic nitrogens is 1. The molecule has 6 nitrogen and oxygen atoms in total. The second kappa shape index (κ2) is 10.5.